The van der Waals surface area contributed by atoms with Gasteiger partial charge in [-0.25, -0.2) is 0 Å². The topological polar surface area (TPSA) is 9.23 Å². The van der Waals surface area contributed by atoms with Crippen LogP contribution in [0.25, 0.3) is 22.3 Å². The maximum Gasteiger partial charge on any atom is 0.0674 e. The second-order valence-electron chi connectivity index (χ2n) is 10.1. The normalized spacial score (nSPS) is 12.0. The van der Waals surface area contributed by atoms with Gasteiger partial charge in [0.1, 0.15) is 0 Å². The highest BCUT2D eigenvalue weighted by atomic mass is 16.5. The van der Waals surface area contributed by atoms with Crippen LogP contribution in [-0.2, 0) is 17.6 Å². The zero-order chi connectivity index (χ0) is 23.3. The maximum atomic E-state index is 6.66. The van der Waals surface area contributed by atoms with Crippen molar-refractivity contribution in [3.63, 3.8) is 0 Å². The summed E-state index contributed by atoms with van der Waals surface area (Å²) in [6.45, 7) is 8.77. The molecule has 0 saturated heterocycles. The van der Waals surface area contributed by atoms with Crippen molar-refractivity contribution in [2.75, 3.05) is 0 Å². The Bertz CT molecular complexity index is 1040. The van der Waals surface area contributed by atoms with E-state index in [-0.39, 0.29) is 11.2 Å². The highest BCUT2D eigenvalue weighted by Crippen LogP contribution is 2.29. The van der Waals surface area contributed by atoms with Gasteiger partial charge >= 0.3 is 0 Å². The fourth-order valence-corrected chi connectivity index (χ4v) is 4.69. The molecular formula is C32H34O. The first-order chi connectivity index (χ1) is 15.8. The summed E-state index contributed by atoms with van der Waals surface area (Å²) in [5.74, 6) is 0. The van der Waals surface area contributed by atoms with E-state index in [1.165, 1.54) is 33.4 Å². The van der Waals surface area contributed by atoms with E-state index in [1.807, 2.05) is 0 Å². The van der Waals surface area contributed by atoms with Crippen molar-refractivity contribution in [1.82, 2.24) is 0 Å². The SMILES string of the molecule is CC(C)(Cc1ccc(-c2ccccc2)cc1)OC(C)(C)Cc1ccc(-c2ccccc2)cc1. The predicted octanol–water partition coefficient (Wildman–Crippen LogP) is 8.38. The number of hydrogen-bond acceptors (Lipinski definition) is 1. The van der Waals surface area contributed by atoms with Gasteiger partial charge in [0.2, 0.25) is 0 Å². The molecule has 0 aliphatic rings. The van der Waals surface area contributed by atoms with Crippen LogP contribution < -0.4 is 0 Å². The molecule has 4 rings (SSSR count). The summed E-state index contributed by atoms with van der Waals surface area (Å²) in [7, 11) is 0. The van der Waals surface area contributed by atoms with Gasteiger partial charge in [0.05, 0.1) is 11.2 Å². The van der Waals surface area contributed by atoms with E-state index in [4.69, 9.17) is 4.74 Å². The average molecular weight is 435 g/mol. The first kappa shape index (κ1) is 23.0. The fourth-order valence-electron chi connectivity index (χ4n) is 4.69. The summed E-state index contributed by atoms with van der Waals surface area (Å²) in [6.07, 6.45) is 1.75. The van der Waals surface area contributed by atoms with E-state index in [1.54, 1.807) is 0 Å². The molecule has 0 saturated carbocycles. The van der Waals surface area contributed by atoms with Gasteiger partial charge in [-0.3, -0.25) is 0 Å². The Hall–Kier alpha value is -3.16. The Labute approximate surface area is 199 Å². The van der Waals surface area contributed by atoms with Crippen LogP contribution in [0.5, 0.6) is 0 Å². The maximum absolute atomic E-state index is 6.66. The minimum Gasteiger partial charge on any atom is -0.369 e. The van der Waals surface area contributed by atoms with Crippen LogP contribution in [0, 0.1) is 0 Å². The Balaban J connectivity index is 1.38. The molecule has 0 amide bonds. The first-order valence-corrected chi connectivity index (χ1v) is 11.8. The van der Waals surface area contributed by atoms with E-state index in [0.717, 1.165) is 12.8 Å². The second-order valence-corrected chi connectivity index (χ2v) is 10.1. The molecule has 0 N–H and O–H groups in total. The van der Waals surface area contributed by atoms with Crippen molar-refractivity contribution >= 4 is 0 Å². The van der Waals surface area contributed by atoms with E-state index < -0.39 is 0 Å². The Kier molecular flexibility index (Phi) is 6.81. The molecule has 0 atom stereocenters. The minimum atomic E-state index is -0.262. The van der Waals surface area contributed by atoms with Crippen LogP contribution in [0.1, 0.15) is 38.8 Å². The second kappa shape index (κ2) is 9.77. The van der Waals surface area contributed by atoms with Crippen molar-refractivity contribution in [3.05, 3.63) is 120 Å². The lowest BCUT2D eigenvalue weighted by atomic mass is 9.92. The van der Waals surface area contributed by atoms with Crippen molar-refractivity contribution in [3.8, 4) is 22.3 Å². The van der Waals surface area contributed by atoms with Crippen molar-refractivity contribution in [2.45, 2.75) is 51.7 Å². The van der Waals surface area contributed by atoms with Gasteiger partial charge in [-0.1, -0.05) is 109 Å². The lowest BCUT2D eigenvalue weighted by Gasteiger charge is -2.36. The summed E-state index contributed by atoms with van der Waals surface area (Å²) >= 11 is 0. The molecule has 0 spiro atoms. The molecule has 0 fully saturated rings. The third kappa shape index (κ3) is 6.43. The van der Waals surface area contributed by atoms with Gasteiger partial charge in [-0.15, -0.1) is 0 Å². The molecule has 0 bridgehead atoms. The van der Waals surface area contributed by atoms with E-state index >= 15 is 0 Å². The lowest BCUT2D eigenvalue weighted by molar-refractivity contribution is -0.121. The van der Waals surface area contributed by atoms with Gasteiger partial charge in [-0.05, 0) is 61.1 Å². The summed E-state index contributed by atoms with van der Waals surface area (Å²) in [4.78, 5) is 0. The van der Waals surface area contributed by atoms with Gasteiger partial charge < -0.3 is 4.74 Å². The monoisotopic (exact) mass is 434 g/mol. The van der Waals surface area contributed by atoms with Crippen molar-refractivity contribution < 1.29 is 4.74 Å². The molecule has 0 aliphatic carbocycles. The lowest BCUT2D eigenvalue weighted by Crippen LogP contribution is -2.40. The van der Waals surface area contributed by atoms with Gasteiger partial charge in [0, 0.05) is 12.8 Å². The Morgan fingerprint density at radius 1 is 0.424 bits per heavy atom. The van der Waals surface area contributed by atoms with Crippen LogP contribution in [0.2, 0.25) is 0 Å². The molecule has 0 aromatic heterocycles. The zero-order valence-electron chi connectivity index (χ0n) is 20.2. The molecule has 0 heterocycles. The summed E-state index contributed by atoms with van der Waals surface area (Å²) in [5.41, 5.74) is 7.06. The van der Waals surface area contributed by atoms with Crippen molar-refractivity contribution in [2.24, 2.45) is 0 Å². The third-order valence-corrected chi connectivity index (χ3v) is 5.93. The number of ether oxygens (including phenoxy) is 1. The summed E-state index contributed by atoms with van der Waals surface area (Å²) < 4.78 is 6.66. The van der Waals surface area contributed by atoms with Gasteiger partial charge in [0.25, 0.3) is 0 Å². The molecule has 4 aromatic carbocycles. The van der Waals surface area contributed by atoms with Crippen LogP contribution in [-0.4, -0.2) is 11.2 Å². The molecule has 1 nitrogen and oxygen atoms in total. The highest BCUT2D eigenvalue weighted by Gasteiger charge is 2.29. The third-order valence-electron chi connectivity index (χ3n) is 5.93. The average Bonchev–Trinajstić information content (AvgIpc) is 2.80. The van der Waals surface area contributed by atoms with Crippen LogP contribution in [0.3, 0.4) is 0 Å². The van der Waals surface area contributed by atoms with Gasteiger partial charge in [0.15, 0.2) is 0 Å². The van der Waals surface area contributed by atoms with Crippen LogP contribution in [0.4, 0.5) is 0 Å². The molecule has 4 aromatic rings. The van der Waals surface area contributed by atoms with E-state index in [0.29, 0.717) is 0 Å². The van der Waals surface area contributed by atoms with E-state index in [9.17, 15) is 0 Å². The van der Waals surface area contributed by atoms with E-state index in [2.05, 4.69) is 137 Å². The minimum absolute atomic E-state index is 0.262. The standard InChI is InChI=1S/C32H34O/c1-31(2,23-25-15-19-29(20-16-25)27-11-7-5-8-12-27)33-32(3,4)24-26-17-21-30(22-18-26)28-13-9-6-10-14-28/h5-22H,23-24H2,1-4H3. The van der Waals surface area contributed by atoms with Gasteiger partial charge in [-0.2, -0.15) is 0 Å². The molecule has 33 heavy (non-hydrogen) atoms. The Morgan fingerprint density at radius 3 is 1.06 bits per heavy atom. The highest BCUT2D eigenvalue weighted by molar-refractivity contribution is 5.64. The predicted molar refractivity (Wildman–Crippen MR) is 140 cm³/mol. The molecule has 0 radical (unpaired) electrons. The largest absolute Gasteiger partial charge is 0.369 e. The molecule has 168 valence electrons. The molecule has 0 unspecified atom stereocenters. The Morgan fingerprint density at radius 2 is 0.727 bits per heavy atom. The van der Waals surface area contributed by atoms with Crippen LogP contribution >= 0.6 is 0 Å². The summed E-state index contributed by atoms with van der Waals surface area (Å²) in [5, 5.41) is 0. The summed E-state index contributed by atoms with van der Waals surface area (Å²) in [6, 6.07) is 38.8. The first-order valence-electron chi connectivity index (χ1n) is 11.8. The quantitative estimate of drug-likeness (QED) is 0.270. The molecule has 0 aliphatic heterocycles. The molecule has 1 heteroatoms. The number of hydrogen-bond donors (Lipinski definition) is 0. The smallest absolute Gasteiger partial charge is 0.0674 e. The van der Waals surface area contributed by atoms with Crippen LogP contribution in [0.15, 0.2) is 109 Å². The number of rotatable bonds is 8. The number of benzene rings is 4. The van der Waals surface area contributed by atoms with Crippen molar-refractivity contribution in [1.29, 1.82) is 0 Å². The fraction of sp³-hybridized carbons (Fsp3) is 0.250. The zero-order valence-corrected chi connectivity index (χ0v) is 20.2. The molecular weight excluding hydrogens is 400 g/mol.